The standard InChI is InChI=1S/2BrH.2Mg.2H/h2*1H;;;;/q;;2*+2;2*-1/p-2. The first-order valence-corrected chi connectivity index (χ1v) is 0. The van der Waals surface area contributed by atoms with E-state index in [1.807, 2.05) is 0 Å². The summed E-state index contributed by atoms with van der Waals surface area (Å²) in [4.78, 5) is 0. The topological polar surface area (TPSA) is 0 Å². The maximum Gasteiger partial charge on any atom is 2.00 e. The number of rotatable bonds is 0. The summed E-state index contributed by atoms with van der Waals surface area (Å²) in [6.45, 7) is 0. The van der Waals surface area contributed by atoms with E-state index in [2.05, 4.69) is 0 Å². The van der Waals surface area contributed by atoms with Crippen molar-refractivity contribution < 1.29 is 36.8 Å². The van der Waals surface area contributed by atoms with Crippen LogP contribution >= 0.6 is 0 Å². The first-order chi connectivity index (χ1) is 0. The third-order valence-corrected chi connectivity index (χ3v) is 0. The Morgan fingerprint density at radius 3 is 0.750 bits per heavy atom. The summed E-state index contributed by atoms with van der Waals surface area (Å²) in [6, 6.07) is 0. The first-order valence-electron chi connectivity index (χ1n) is 0. The molecule has 0 N–H and O–H groups in total. The van der Waals surface area contributed by atoms with Gasteiger partial charge in [-0.25, -0.2) is 0 Å². The zero-order valence-electron chi connectivity index (χ0n) is 4.17. The molecular formula is H2Br2Mg2. The van der Waals surface area contributed by atoms with E-state index in [0.717, 1.165) is 0 Å². The van der Waals surface area contributed by atoms with Crippen molar-refractivity contribution in [2.75, 3.05) is 0 Å². The fraction of sp³-hybridized carbons (Fsp3) is 0. The number of hydrogen-bond acceptors (Lipinski definition) is 0. The summed E-state index contributed by atoms with van der Waals surface area (Å²) in [5.74, 6) is 0. The van der Waals surface area contributed by atoms with E-state index in [9.17, 15) is 0 Å². The summed E-state index contributed by atoms with van der Waals surface area (Å²) in [5.41, 5.74) is 0. The smallest absolute Gasteiger partial charge is 1.00 e. The maximum atomic E-state index is 0. The van der Waals surface area contributed by atoms with Crippen LogP contribution in [0.2, 0.25) is 0 Å². The van der Waals surface area contributed by atoms with Gasteiger partial charge in [0.1, 0.15) is 0 Å². The molecule has 0 spiro atoms. The Hall–Kier alpha value is 2.49. The Morgan fingerprint density at radius 2 is 0.750 bits per heavy atom. The van der Waals surface area contributed by atoms with Crippen LogP contribution in [0.15, 0.2) is 0 Å². The van der Waals surface area contributed by atoms with E-state index in [-0.39, 0.29) is 82.9 Å². The van der Waals surface area contributed by atoms with Crippen molar-refractivity contribution >= 4 is 46.1 Å². The van der Waals surface area contributed by atoms with E-state index in [1.165, 1.54) is 0 Å². The summed E-state index contributed by atoms with van der Waals surface area (Å²) in [5, 5.41) is 0. The molecule has 0 aliphatic heterocycles. The van der Waals surface area contributed by atoms with Crippen LogP contribution < -0.4 is 34.0 Å². The van der Waals surface area contributed by atoms with Crippen LogP contribution in [0.25, 0.3) is 0 Å². The third-order valence-electron chi connectivity index (χ3n) is 0. The number of hydrogen-bond donors (Lipinski definition) is 0. The summed E-state index contributed by atoms with van der Waals surface area (Å²) in [7, 11) is 0. The minimum Gasteiger partial charge on any atom is -1.00 e. The van der Waals surface area contributed by atoms with Gasteiger partial charge in [0.15, 0.2) is 0 Å². The molecule has 0 fully saturated rings. The second kappa shape index (κ2) is 17.8. The minimum atomic E-state index is 0. The quantitative estimate of drug-likeness (QED) is 0.349. The van der Waals surface area contributed by atoms with Gasteiger partial charge in [-0.1, -0.05) is 0 Å². The van der Waals surface area contributed by atoms with Crippen LogP contribution in [-0.2, 0) is 0 Å². The Morgan fingerprint density at radius 1 is 0.750 bits per heavy atom. The molecule has 0 aliphatic rings. The molecule has 0 bridgehead atoms. The minimum absolute atomic E-state index is 0. The molecule has 0 radical (unpaired) electrons. The Kier molecular flexibility index (Phi) is 141. The number of halogens is 2. The van der Waals surface area contributed by atoms with Gasteiger partial charge in [0.05, 0.1) is 0 Å². The average Bonchev–Trinajstić information content (AvgIpc) is 0. The second-order valence-electron chi connectivity index (χ2n) is 0. The molecule has 0 aromatic heterocycles. The van der Waals surface area contributed by atoms with Gasteiger partial charge in [0, 0.05) is 0 Å². The normalized spacial score (nSPS) is 0. The second-order valence-corrected chi connectivity index (χ2v) is 0. The van der Waals surface area contributed by atoms with Gasteiger partial charge in [-0.2, -0.15) is 0 Å². The zero-order valence-corrected chi connectivity index (χ0v) is 8.17. The van der Waals surface area contributed by atoms with Crippen LogP contribution in [0.1, 0.15) is 2.85 Å². The molecule has 4 heteroatoms. The fourth-order valence-corrected chi connectivity index (χ4v) is 0. The van der Waals surface area contributed by atoms with Crippen molar-refractivity contribution in [1.29, 1.82) is 0 Å². The molecule has 0 aromatic rings. The van der Waals surface area contributed by atoms with Crippen LogP contribution in [-0.4, -0.2) is 46.1 Å². The average molecular weight is 210 g/mol. The molecule has 0 saturated heterocycles. The van der Waals surface area contributed by atoms with Crippen molar-refractivity contribution in [2.24, 2.45) is 0 Å². The molecule has 0 heterocycles. The predicted octanol–water partition coefficient (Wildman–Crippen LogP) is -6.53. The van der Waals surface area contributed by atoms with Gasteiger partial charge in [-0.15, -0.1) is 0 Å². The van der Waals surface area contributed by atoms with Crippen molar-refractivity contribution in [3.63, 3.8) is 0 Å². The Balaban J connectivity index is 0. The van der Waals surface area contributed by atoms with Crippen LogP contribution in [0.3, 0.4) is 0 Å². The molecule has 0 unspecified atom stereocenters. The molecule has 0 aromatic carbocycles. The largest absolute Gasteiger partial charge is 2.00 e. The first kappa shape index (κ1) is 31.5. The van der Waals surface area contributed by atoms with Gasteiger partial charge in [0.25, 0.3) is 0 Å². The molecular weight excluding hydrogens is 208 g/mol. The summed E-state index contributed by atoms with van der Waals surface area (Å²) < 4.78 is 0. The van der Waals surface area contributed by atoms with Crippen molar-refractivity contribution in [3.05, 3.63) is 0 Å². The van der Waals surface area contributed by atoms with Gasteiger partial charge >= 0.3 is 46.1 Å². The third kappa shape index (κ3) is 8.82. The molecule has 20 valence electrons. The summed E-state index contributed by atoms with van der Waals surface area (Å²) >= 11 is 0. The molecule has 0 aliphatic carbocycles. The predicted molar refractivity (Wildman–Crippen MR) is 13.7 cm³/mol. The SMILES string of the molecule is [Br-].[Br-].[H-].[H-].[Mg+2].[Mg+2]. The Labute approximate surface area is 81.9 Å². The molecule has 0 rings (SSSR count). The van der Waals surface area contributed by atoms with Crippen molar-refractivity contribution in [1.82, 2.24) is 0 Å². The maximum absolute atomic E-state index is 0. The van der Waals surface area contributed by atoms with Gasteiger partial charge in [-0.05, 0) is 0 Å². The molecule has 4 heavy (non-hydrogen) atoms. The van der Waals surface area contributed by atoms with Crippen molar-refractivity contribution in [2.45, 2.75) is 0 Å². The zero-order chi connectivity index (χ0) is 0. The van der Waals surface area contributed by atoms with Crippen LogP contribution in [0.4, 0.5) is 0 Å². The molecule has 0 saturated carbocycles. The molecule has 0 atom stereocenters. The van der Waals surface area contributed by atoms with Crippen LogP contribution in [0, 0.1) is 0 Å². The van der Waals surface area contributed by atoms with E-state index in [1.54, 1.807) is 0 Å². The molecule has 0 nitrogen and oxygen atoms in total. The Bertz CT molecular complexity index is 9.51. The van der Waals surface area contributed by atoms with Crippen LogP contribution in [0.5, 0.6) is 0 Å². The van der Waals surface area contributed by atoms with Gasteiger partial charge in [-0.3, -0.25) is 0 Å². The van der Waals surface area contributed by atoms with Crippen molar-refractivity contribution in [3.8, 4) is 0 Å². The fourth-order valence-electron chi connectivity index (χ4n) is 0. The van der Waals surface area contributed by atoms with E-state index in [0.29, 0.717) is 0 Å². The van der Waals surface area contributed by atoms with E-state index in [4.69, 9.17) is 0 Å². The van der Waals surface area contributed by atoms with Gasteiger partial charge in [0.2, 0.25) is 0 Å². The van der Waals surface area contributed by atoms with Gasteiger partial charge < -0.3 is 36.8 Å². The molecule has 0 amide bonds. The monoisotopic (exact) mass is 208 g/mol. The van der Waals surface area contributed by atoms with E-state index >= 15 is 0 Å². The summed E-state index contributed by atoms with van der Waals surface area (Å²) in [6.07, 6.45) is 0. The van der Waals surface area contributed by atoms with E-state index < -0.39 is 0 Å².